The Morgan fingerprint density at radius 2 is 1.52 bits per heavy atom. The Labute approximate surface area is 269 Å². The van der Waals surface area contributed by atoms with E-state index < -0.39 is 6.10 Å². The highest BCUT2D eigenvalue weighted by molar-refractivity contribution is 8.00. The largest absolute Gasteiger partial charge is 0.388 e. The van der Waals surface area contributed by atoms with Crippen molar-refractivity contribution in [3.8, 4) is 0 Å². The summed E-state index contributed by atoms with van der Waals surface area (Å²) in [5, 5.41) is 11.7. The third kappa shape index (κ3) is 11.5. The van der Waals surface area contributed by atoms with Gasteiger partial charge in [0.1, 0.15) is 17.5 Å². The maximum atomic E-state index is 12.9. The summed E-state index contributed by atoms with van der Waals surface area (Å²) in [6.45, 7) is 10.8. The summed E-state index contributed by atoms with van der Waals surface area (Å²) < 4.78 is 12.9. The van der Waals surface area contributed by atoms with Crippen molar-refractivity contribution < 1.29 is 9.50 Å². The minimum atomic E-state index is -0.548. The van der Waals surface area contributed by atoms with Gasteiger partial charge in [-0.2, -0.15) is 0 Å². The fourth-order valence-corrected chi connectivity index (χ4v) is 6.55. The van der Waals surface area contributed by atoms with Crippen LogP contribution in [-0.2, 0) is 0 Å². The highest BCUT2D eigenvalue weighted by Crippen LogP contribution is 2.32. The lowest BCUT2D eigenvalue weighted by atomic mass is 9.82. The van der Waals surface area contributed by atoms with Crippen LogP contribution in [0.2, 0.25) is 0 Å². The third-order valence-electron chi connectivity index (χ3n) is 8.35. The molecule has 6 heteroatoms. The number of para-hydroxylation sites is 1. The molecular weight excluding hydrogens is 566 g/mol. The summed E-state index contributed by atoms with van der Waals surface area (Å²) in [5.41, 5.74) is 3.03. The van der Waals surface area contributed by atoms with Crippen molar-refractivity contribution in [3.05, 3.63) is 95.6 Å². The minimum absolute atomic E-state index is 0.271. The fourth-order valence-electron chi connectivity index (χ4n) is 5.43. The highest BCUT2D eigenvalue weighted by Gasteiger charge is 2.17. The number of aliphatic hydroxyl groups excluding tert-OH is 1. The van der Waals surface area contributed by atoms with Crippen LogP contribution < -0.4 is 4.90 Å². The molecule has 4 nitrogen and oxygen atoms in total. The molecular formula is C38H52FN3OS. The lowest BCUT2D eigenvalue weighted by molar-refractivity contribution is 0.166. The van der Waals surface area contributed by atoms with Crippen molar-refractivity contribution in [1.29, 1.82) is 0 Å². The number of hydrogen-bond donors (Lipinski definition) is 1. The Balaban J connectivity index is 0.000000197. The first-order valence-corrected chi connectivity index (χ1v) is 17.0. The predicted molar refractivity (Wildman–Crippen MR) is 187 cm³/mol. The van der Waals surface area contributed by atoms with Gasteiger partial charge in [-0.05, 0) is 80.5 Å². The van der Waals surface area contributed by atoms with E-state index in [4.69, 9.17) is 0 Å². The van der Waals surface area contributed by atoms with Crippen molar-refractivity contribution in [2.24, 2.45) is 11.8 Å². The molecule has 0 radical (unpaired) electrons. The molecule has 1 saturated carbocycles. The number of rotatable bonds is 8. The van der Waals surface area contributed by atoms with Crippen LogP contribution in [0.3, 0.4) is 0 Å². The monoisotopic (exact) mass is 617 g/mol. The van der Waals surface area contributed by atoms with Crippen molar-refractivity contribution >= 4 is 28.5 Å². The lowest BCUT2D eigenvalue weighted by Crippen LogP contribution is -2.12. The van der Waals surface area contributed by atoms with Gasteiger partial charge in [0.05, 0.1) is 11.6 Å². The van der Waals surface area contributed by atoms with Gasteiger partial charge >= 0.3 is 0 Å². The summed E-state index contributed by atoms with van der Waals surface area (Å²) in [7, 11) is 3.99. The number of aliphatic hydroxyl groups is 1. The topological polar surface area (TPSA) is 49.3 Å². The van der Waals surface area contributed by atoms with Gasteiger partial charge in [0, 0.05) is 29.6 Å². The molecule has 1 aliphatic rings. The first-order chi connectivity index (χ1) is 21.1. The predicted octanol–water partition coefficient (Wildman–Crippen LogP) is 10.4. The number of fused-ring (bicyclic) bond motifs is 1. The van der Waals surface area contributed by atoms with Crippen LogP contribution in [0.5, 0.6) is 0 Å². The second kappa shape index (κ2) is 18.1. The molecule has 5 rings (SSSR count). The Kier molecular flexibility index (Phi) is 14.6. The van der Waals surface area contributed by atoms with Crippen LogP contribution in [-0.4, -0.2) is 34.4 Å². The SMILES string of the molecule is CCC(CC(O)c1ccc(F)cc1)Sc1ccc(C)cc1.CCC1CCC(C)CC1.Cc1nc(N(C)C)c2ccccc2n1. The van der Waals surface area contributed by atoms with Crippen molar-refractivity contribution in [1.82, 2.24) is 9.97 Å². The average Bonchev–Trinajstić information content (AvgIpc) is 3.02. The molecule has 2 unspecified atom stereocenters. The Bertz CT molecular complexity index is 1390. The molecule has 1 aromatic heterocycles. The molecule has 3 aromatic carbocycles. The smallest absolute Gasteiger partial charge is 0.139 e. The Morgan fingerprint density at radius 3 is 2.11 bits per heavy atom. The van der Waals surface area contributed by atoms with E-state index >= 15 is 0 Å². The zero-order valence-corrected chi connectivity index (χ0v) is 28.6. The molecule has 0 spiro atoms. The van der Waals surface area contributed by atoms with E-state index in [1.54, 1.807) is 23.9 Å². The molecule has 2 atom stereocenters. The molecule has 44 heavy (non-hydrogen) atoms. The van der Waals surface area contributed by atoms with Crippen LogP contribution in [0.25, 0.3) is 10.9 Å². The number of hydrogen-bond acceptors (Lipinski definition) is 5. The van der Waals surface area contributed by atoms with Crippen LogP contribution in [0.15, 0.2) is 77.7 Å². The number of benzene rings is 3. The normalized spacial score (nSPS) is 17.5. The van der Waals surface area contributed by atoms with Crippen LogP contribution in [0.4, 0.5) is 10.2 Å². The number of aryl methyl sites for hydroxylation is 2. The molecule has 0 saturated heterocycles. The van der Waals surface area contributed by atoms with Gasteiger partial charge in [-0.15, -0.1) is 11.8 Å². The molecule has 0 aliphatic heterocycles. The molecule has 4 aromatic rings. The van der Waals surface area contributed by atoms with E-state index in [9.17, 15) is 9.50 Å². The van der Waals surface area contributed by atoms with Crippen LogP contribution in [0, 0.1) is 31.5 Å². The maximum absolute atomic E-state index is 12.9. The number of nitrogens with zero attached hydrogens (tertiary/aromatic N) is 3. The number of aromatic nitrogens is 2. The summed E-state index contributed by atoms with van der Waals surface area (Å²) >= 11 is 1.79. The standard InChI is InChI=1S/C18H21FOS.C11H13N3.C9H18/c1-3-16(21-17-10-4-13(2)5-11-17)12-18(20)14-6-8-15(19)9-7-14;1-8-12-10-7-5-4-6-9(10)11(13-8)14(2)3;1-3-9-6-4-8(2)5-7-9/h4-11,16,18,20H,3,12H2,1-2H3;4-7H,1-3H3;8-9H,3-7H2,1-2H3. The Hall–Kier alpha value is -2.96. The molecule has 1 fully saturated rings. The van der Waals surface area contributed by atoms with Crippen LogP contribution >= 0.6 is 11.8 Å². The van der Waals surface area contributed by atoms with Gasteiger partial charge in [0.15, 0.2) is 0 Å². The number of halogens is 1. The fraction of sp³-hybridized carbons (Fsp3) is 0.474. The quantitative estimate of drug-likeness (QED) is 0.199. The van der Waals surface area contributed by atoms with E-state index in [0.29, 0.717) is 11.7 Å². The lowest BCUT2D eigenvalue weighted by Gasteiger charge is -2.24. The second-order valence-electron chi connectivity index (χ2n) is 12.3. The van der Waals surface area contributed by atoms with Crippen molar-refractivity contribution in [3.63, 3.8) is 0 Å². The average molecular weight is 618 g/mol. The molecule has 238 valence electrons. The number of anilines is 1. The van der Waals surface area contributed by atoms with E-state index in [1.165, 1.54) is 54.7 Å². The van der Waals surface area contributed by atoms with Crippen LogP contribution in [0.1, 0.15) is 88.8 Å². The zero-order valence-electron chi connectivity index (χ0n) is 27.8. The molecule has 1 N–H and O–H groups in total. The molecule has 1 aliphatic carbocycles. The third-order valence-corrected chi connectivity index (χ3v) is 9.75. The first-order valence-electron chi connectivity index (χ1n) is 16.2. The van der Waals surface area contributed by atoms with Gasteiger partial charge in [-0.3, -0.25) is 0 Å². The molecule has 0 amide bonds. The summed E-state index contributed by atoms with van der Waals surface area (Å²) in [4.78, 5) is 12.0. The van der Waals surface area contributed by atoms with Gasteiger partial charge in [-0.25, -0.2) is 14.4 Å². The number of thioether (sulfide) groups is 1. The van der Waals surface area contributed by atoms with Gasteiger partial charge < -0.3 is 10.0 Å². The van der Waals surface area contributed by atoms with Gasteiger partial charge in [0.25, 0.3) is 0 Å². The highest BCUT2D eigenvalue weighted by atomic mass is 32.2. The maximum Gasteiger partial charge on any atom is 0.139 e. The van der Waals surface area contributed by atoms with Gasteiger partial charge in [-0.1, -0.05) is 94.8 Å². The van der Waals surface area contributed by atoms with E-state index in [0.717, 1.165) is 46.4 Å². The second-order valence-corrected chi connectivity index (χ2v) is 13.7. The van der Waals surface area contributed by atoms with Crippen molar-refractivity contribution in [2.75, 3.05) is 19.0 Å². The van der Waals surface area contributed by atoms with Gasteiger partial charge in [0.2, 0.25) is 0 Å². The van der Waals surface area contributed by atoms with E-state index in [1.807, 2.05) is 50.2 Å². The zero-order chi connectivity index (χ0) is 32.1. The summed E-state index contributed by atoms with van der Waals surface area (Å²) in [6.07, 6.45) is 8.48. The summed E-state index contributed by atoms with van der Waals surface area (Å²) in [5.74, 6) is 3.61. The summed E-state index contributed by atoms with van der Waals surface area (Å²) in [6, 6.07) is 22.6. The molecule has 1 heterocycles. The minimum Gasteiger partial charge on any atom is -0.388 e. The molecule has 0 bridgehead atoms. The van der Waals surface area contributed by atoms with E-state index in [-0.39, 0.29) is 5.82 Å². The van der Waals surface area contributed by atoms with Crippen molar-refractivity contribution in [2.45, 2.75) is 95.8 Å². The van der Waals surface area contributed by atoms with E-state index in [2.05, 4.69) is 61.9 Å². The first kappa shape index (κ1) is 35.5. The Morgan fingerprint density at radius 1 is 0.886 bits per heavy atom.